The number of unbranched alkanes of at least 4 members (excludes halogenated alkanes) is 24. The number of amides is 2. The van der Waals surface area contributed by atoms with Crippen LogP contribution in [0.4, 0.5) is 21.0 Å². The molecule has 10 rings (SSSR count). The Morgan fingerprint density at radius 3 is 1.40 bits per heavy atom. The van der Waals surface area contributed by atoms with Crippen molar-refractivity contribution in [3.63, 3.8) is 0 Å². The highest BCUT2D eigenvalue weighted by molar-refractivity contribution is 7.47. The van der Waals surface area contributed by atoms with Crippen LogP contribution in [0.2, 0.25) is 0 Å². The number of rotatable bonds is 49. The molecule has 6 aromatic rings. The van der Waals surface area contributed by atoms with Crippen molar-refractivity contribution in [1.29, 1.82) is 0 Å². The van der Waals surface area contributed by atoms with Crippen molar-refractivity contribution >= 4 is 74.5 Å². The summed E-state index contributed by atoms with van der Waals surface area (Å²) < 4.78 is 87.0. The van der Waals surface area contributed by atoms with Gasteiger partial charge >= 0.3 is 52.2 Å². The van der Waals surface area contributed by atoms with E-state index in [0.29, 0.717) is 58.8 Å². The Kier molecular flexibility index (Phi) is 33.6. The Morgan fingerprint density at radius 1 is 0.525 bits per heavy atom. The molecule has 1 spiro atoms. The lowest BCUT2D eigenvalue weighted by atomic mass is 9.77. The molecule has 0 radical (unpaired) electrons. The maximum atomic E-state index is 14.6. The molecule has 2 fully saturated rings. The van der Waals surface area contributed by atoms with Crippen LogP contribution in [0.25, 0.3) is 5.69 Å². The van der Waals surface area contributed by atoms with Crippen molar-refractivity contribution in [2.75, 3.05) is 51.1 Å². The van der Waals surface area contributed by atoms with E-state index < -0.39 is 92.9 Å². The van der Waals surface area contributed by atoms with Crippen molar-refractivity contribution in [1.82, 2.24) is 15.0 Å². The number of phosphoric acid groups is 1. The number of benzene rings is 5. The van der Waals surface area contributed by atoms with Crippen LogP contribution in [0, 0.1) is 0 Å². The average molecular weight is 1650 g/mol. The number of carbonyl (C=O) groups is 5. The Balaban J connectivity index is 0.753. The largest absolute Gasteiger partial charge is 0.494 e. The van der Waals surface area contributed by atoms with Crippen molar-refractivity contribution in [2.24, 2.45) is 0 Å². The molecule has 118 heavy (non-hydrogen) atoms. The van der Waals surface area contributed by atoms with Crippen molar-refractivity contribution < 1.29 is 94.0 Å². The molecule has 28 heteroatoms. The standard InChI is InChI=1S/C90H127B2N6O19P/c1-13-15-17-19-21-23-25-27-29-31-33-35-37-39-81(99)106-64-74(111-82(100)40-38-36-34-32-30-28-26-24-22-20-18-16-14-2)65-110-118(104,105)109-56-55-98(11,12)61-72-60-97(96-95-72)73-51-54-76-75(59-73)83(101)113-90(76)77-52-49-70(93-84(102)107-62-66-41-45-68(46-42-66)91-114-86(3,4)87(5,6)115-91)57-79(77)112-80-58-71(50-53-78(80)90)94-85(103)108-63-67-43-47-69(48-44-67)92-116-88(7,8)89(9,10)117-92/h41-54,57-60,74H,13-40,55-56,61-65H2,1-12H3,(H2-,93,94,102,103,104,105)/p+1. The highest BCUT2D eigenvalue weighted by Crippen LogP contribution is 2.57. The van der Waals surface area contributed by atoms with E-state index in [1.54, 1.807) is 60.8 Å². The first kappa shape index (κ1) is 92.3. The van der Waals surface area contributed by atoms with E-state index >= 15 is 0 Å². The van der Waals surface area contributed by atoms with Crippen molar-refractivity contribution in [2.45, 2.75) is 303 Å². The van der Waals surface area contributed by atoms with Gasteiger partial charge in [0, 0.05) is 53.0 Å². The Hall–Kier alpha value is -7.97. The van der Waals surface area contributed by atoms with Crippen molar-refractivity contribution in [3.05, 3.63) is 148 Å². The summed E-state index contributed by atoms with van der Waals surface area (Å²) in [5.41, 5.74) is 2.70. The number of nitrogens with one attached hydrogen (secondary N) is 2. The zero-order valence-corrected chi connectivity index (χ0v) is 72.8. The van der Waals surface area contributed by atoms with Gasteiger partial charge in [0.05, 0.1) is 60.6 Å². The number of likely N-dealkylation sites (N-methyl/N-ethyl adjacent to an activating group) is 1. The van der Waals surface area contributed by atoms with E-state index in [9.17, 15) is 33.4 Å². The van der Waals surface area contributed by atoms with Gasteiger partial charge in [0.15, 0.2) is 11.7 Å². The number of hydrogen-bond acceptors (Lipinski definition) is 20. The Labute approximate surface area is 699 Å². The van der Waals surface area contributed by atoms with Gasteiger partial charge in [-0.05, 0) is 127 Å². The zero-order chi connectivity index (χ0) is 84.6. The SMILES string of the molecule is CCCCCCCCCCCCCCCC(=O)OCC(COP(=O)(O)OCC[N+](C)(C)Cc1cn(-c2ccc3c(c2)C(=O)OC32c3ccc(NC(=O)OCc4ccc(B5OC(C)(C)C(C)(C)O5)cc4)cc3Oc3cc(NC(=O)OCc4ccc(B5OC(C)(C)C(C)(C)O5)cc4)ccc32)nn1)OC(=O)CCCCCCCCCCCCCCC. The van der Waals surface area contributed by atoms with Crippen LogP contribution in [-0.4, -0.2) is 138 Å². The molecule has 3 N–H and O–H groups in total. The van der Waals surface area contributed by atoms with E-state index in [1.807, 2.05) is 118 Å². The number of phosphoric ester groups is 1. The predicted octanol–water partition coefficient (Wildman–Crippen LogP) is 19.1. The van der Waals surface area contributed by atoms with Crippen LogP contribution < -0.4 is 26.3 Å². The van der Waals surface area contributed by atoms with Gasteiger partial charge in [-0.15, -0.1) is 5.10 Å². The quantitative estimate of drug-likeness (QED) is 0.00798. The van der Waals surface area contributed by atoms with Gasteiger partial charge in [-0.25, -0.2) is 23.6 Å². The highest BCUT2D eigenvalue weighted by atomic mass is 31.2. The van der Waals surface area contributed by atoms with Gasteiger partial charge in [-0.2, -0.15) is 0 Å². The molecular weight excluding hydrogens is 1520 g/mol. The van der Waals surface area contributed by atoms with Crippen LogP contribution in [-0.2, 0) is 90.9 Å². The van der Waals surface area contributed by atoms with Crippen LogP contribution >= 0.6 is 7.82 Å². The molecule has 2 atom stereocenters. The zero-order valence-electron chi connectivity index (χ0n) is 71.9. The van der Waals surface area contributed by atoms with Crippen LogP contribution in [0.1, 0.15) is 293 Å². The third-order valence-corrected chi connectivity index (χ3v) is 24.5. The summed E-state index contributed by atoms with van der Waals surface area (Å²) in [7, 11) is -2.03. The average Bonchev–Trinajstić information content (AvgIpc) is 1.50. The topological polar surface area (TPSA) is 288 Å². The first-order valence-corrected chi connectivity index (χ1v) is 44.7. The summed E-state index contributed by atoms with van der Waals surface area (Å²) in [5, 5.41) is 14.5. The van der Waals surface area contributed by atoms with Gasteiger partial charge in [0.25, 0.3) is 0 Å². The van der Waals surface area contributed by atoms with Crippen molar-refractivity contribution in [3.8, 4) is 17.2 Å². The second-order valence-corrected chi connectivity index (χ2v) is 36.2. The molecule has 4 aliphatic rings. The number of quaternary nitrogens is 1. The highest BCUT2D eigenvalue weighted by Gasteiger charge is 2.55. The van der Waals surface area contributed by atoms with Crippen LogP contribution in [0.3, 0.4) is 0 Å². The van der Waals surface area contributed by atoms with E-state index in [0.717, 1.165) is 60.6 Å². The minimum absolute atomic E-state index is 0.0435. The smallest absolute Gasteiger partial charge is 0.462 e. The molecule has 0 bridgehead atoms. The molecule has 5 heterocycles. The van der Waals surface area contributed by atoms with Gasteiger partial charge in [-0.3, -0.25) is 29.3 Å². The van der Waals surface area contributed by atoms with Gasteiger partial charge in [0.1, 0.15) is 56.7 Å². The fourth-order valence-corrected chi connectivity index (χ4v) is 15.7. The molecule has 1 aromatic heterocycles. The van der Waals surface area contributed by atoms with Crippen LogP contribution in [0.15, 0.2) is 109 Å². The number of hydrogen-bond donors (Lipinski definition) is 3. The summed E-state index contributed by atoms with van der Waals surface area (Å²) in [6, 6.07) is 30.1. The number of anilines is 2. The first-order chi connectivity index (χ1) is 56.4. The number of aromatic nitrogens is 3. The second-order valence-electron chi connectivity index (χ2n) is 34.7. The van der Waals surface area contributed by atoms with E-state index in [4.69, 9.17) is 56.1 Å². The number of fused-ring (bicyclic) bond motifs is 6. The summed E-state index contributed by atoms with van der Waals surface area (Å²) in [4.78, 5) is 78.8. The fraction of sp³-hybridized carbons (Fsp3) is 0.589. The molecule has 4 aliphatic heterocycles. The minimum Gasteiger partial charge on any atom is -0.462 e. The molecule has 642 valence electrons. The lowest BCUT2D eigenvalue weighted by Gasteiger charge is -2.36. The van der Waals surface area contributed by atoms with Gasteiger partial charge in [-0.1, -0.05) is 228 Å². The predicted molar refractivity (Wildman–Crippen MR) is 455 cm³/mol. The first-order valence-electron chi connectivity index (χ1n) is 43.2. The number of ether oxygens (including phenoxy) is 6. The summed E-state index contributed by atoms with van der Waals surface area (Å²) in [5.74, 6) is -1.14. The van der Waals surface area contributed by atoms with Crippen LogP contribution in [0.5, 0.6) is 11.5 Å². The Morgan fingerprint density at radius 2 is 0.949 bits per heavy atom. The van der Waals surface area contributed by atoms with E-state index in [-0.39, 0.29) is 67.4 Å². The number of esters is 3. The molecule has 5 aromatic carbocycles. The minimum atomic E-state index is -4.72. The lowest BCUT2D eigenvalue weighted by Crippen LogP contribution is -2.41. The maximum absolute atomic E-state index is 14.6. The summed E-state index contributed by atoms with van der Waals surface area (Å²) in [6.45, 7) is 19.8. The van der Waals surface area contributed by atoms with Gasteiger partial charge < -0.3 is 56.4 Å². The third-order valence-electron chi connectivity index (χ3n) is 23.5. The summed E-state index contributed by atoms with van der Waals surface area (Å²) >= 11 is 0. The van der Waals surface area contributed by atoms with Gasteiger partial charge in [0.2, 0.25) is 0 Å². The summed E-state index contributed by atoms with van der Waals surface area (Å²) in [6.07, 6.45) is 29.9. The molecule has 2 amide bonds. The molecule has 25 nitrogen and oxygen atoms in total. The van der Waals surface area contributed by atoms with E-state index in [2.05, 4.69) is 34.8 Å². The fourth-order valence-electron chi connectivity index (χ4n) is 14.9. The lowest BCUT2D eigenvalue weighted by molar-refractivity contribution is -0.904. The normalized spacial score (nSPS) is 16.6. The molecule has 2 saturated heterocycles. The molecule has 0 saturated carbocycles. The molecule has 0 aliphatic carbocycles. The number of nitrogens with zero attached hydrogens (tertiary/aromatic N) is 4. The second kappa shape index (κ2) is 43.0. The Bertz CT molecular complexity index is 4150. The maximum Gasteiger partial charge on any atom is 0.494 e. The van der Waals surface area contributed by atoms with E-state index in [1.165, 1.54) is 120 Å². The third kappa shape index (κ3) is 26.3. The monoisotopic (exact) mass is 1650 g/mol. The molecular formula is C90H128B2N6O19P+. The molecule has 2 unspecified atom stereocenters. The number of carbonyl (C=O) groups excluding carboxylic acids is 5.